The number of hydrogen-bond acceptors (Lipinski definition) is 4. The van der Waals surface area contributed by atoms with Crippen LogP contribution in [0.3, 0.4) is 0 Å². The molecule has 20 heavy (non-hydrogen) atoms. The predicted molar refractivity (Wildman–Crippen MR) is 71.6 cm³/mol. The van der Waals surface area contributed by atoms with Crippen LogP contribution in [0.15, 0.2) is 18.2 Å². The monoisotopic (exact) mass is 283 g/mol. The molecule has 0 saturated heterocycles. The Labute approximate surface area is 116 Å². The van der Waals surface area contributed by atoms with Gasteiger partial charge in [-0.15, -0.1) is 0 Å². The SMILES string of the molecule is COc1ccc(CN(C)CCC(=O)NC(N)=O)cc1F. The van der Waals surface area contributed by atoms with Gasteiger partial charge < -0.3 is 15.4 Å². The maximum Gasteiger partial charge on any atom is 0.318 e. The summed E-state index contributed by atoms with van der Waals surface area (Å²) in [7, 11) is 3.20. The number of carbonyl (C=O) groups excluding carboxylic acids is 2. The first-order chi connectivity index (χ1) is 9.42. The Morgan fingerprint density at radius 2 is 2.15 bits per heavy atom. The molecule has 0 atom stereocenters. The highest BCUT2D eigenvalue weighted by Gasteiger charge is 2.08. The normalized spacial score (nSPS) is 10.4. The van der Waals surface area contributed by atoms with E-state index < -0.39 is 17.8 Å². The summed E-state index contributed by atoms with van der Waals surface area (Å²) in [4.78, 5) is 23.5. The number of imide groups is 1. The van der Waals surface area contributed by atoms with Gasteiger partial charge in [-0.1, -0.05) is 6.07 Å². The highest BCUT2D eigenvalue weighted by molar-refractivity contribution is 5.93. The molecule has 0 spiro atoms. The zero-order valence-electron chi connectivity index (χ0n) is 11.5. The van der Waals surface area contributed by atoms with E-state index in [0.29, 0.717) is 13.1 Å². The molecule has 110 valence electrons. The average molecular weight is 283 g/mol. The summed E-state index contributed by atoms with van der Waals surface area (Å²) in [6.07, 6.45) is 0.137. The van der Waals surface area contributed by atoms with Crippen molar-refractivity contribution in [1.82, 2.24) is 10.2 Å². The largest absolute Gasteiger partial charge is 0.494 e. The lowest BCUT2D eigenvalue weighted by Gasteiger charge is -2.16. The topological polar surface area (TPSA) is 84.7 Å². The first-order valence-corrected chi connectivity index (χ1v) is 6.02. The number of nitrogens with two attached hydrogens (primary N) is 1. The smallest absolute Gasteiger partial charge is 0.318 e. The third-order valence-corrected chi connectivity index (χ3v) is 2.65. The van der Waals surface area contributed by atoms with Crippen LogP contribution in [0.1, 0.15) is 12.0 Å². The minimum absolute atomic E-state index is 0.137. The number of methoxy groups -OCH3 is 1. The van der Waals surface area contributed by atoms with Crippen LogP contribution >= 0.6 is 0 Å². The number of benzene rings is 1. The van der Waals surface area contributed by atoms with E-state index in [4.69, 9.17) is 10.5 Å². The van der Waals surface area contributed by atoms with Gasteiger partial charge in [-0.05, 0) is 24.7 Å². The Balaban J connectivity index is 2.46. The van der Waals surface area contributed by atoms with Crippen LogP contribution in [0.2, 0.25) is 0 Å². The van der Waals surface area contributed by atoms with Gasteiger partial charge in [0.2, 0.25) is 5.91 Å². The second-order valence-corrected chi connectivity index (χ2v) is 4.37. The van der Waals surface area contributed by atoms with Crippen molar-refractivity contribution in [2.24, 2.45) is 5.73 Å². The third kappa shape index (κ3) is 5.23. The molecule has 0 aliphatic heterocycles. The number of nitrogens with one attached hydrogen (secondary N) is 1. The van der Waals surface area contributed by atoms with Crippen molar-refractivity contribution in [2.45, 2.75) is 13.0 Å². The molecule has 0 saturated carbocycles. The van der Waals surface area contributed by atoms with Gasteiger partial charge in [0.15, 0.2) is 11.6 Å². The molecule has 0 radical (unpaired) electrons. The first-order valence-electron chi connectivity index (χ1n) is 6.02. The van der Waals surface area contributed by atoms with Crippen molar-refractivity contribution in [3.8, 4) is 5.75 Å². The van der Waals surface area contributed by atoms with E-state index in [2.05, 4.69) is 0 Å². The second kappa shape index (κ2) is 7.44. The summed E-state index contributed by atoms with van der Waals surface area (Å²) >= 11 is 0. The standard InChI is InChI=1S/C13H18FN3O3/c1-17(6-5-12(18)16-13(15)19)8-9-3-4-11(20-2)10(14)7-9/h3-4,7H,5-6,8H2,1-2H3,(H3,15,16,18,19). The molecule has 3 amide bonds. The van der Waals surface area contributed by atoms with Crippen molar-refractivity contribution >= 4 is 11.9 Å². The zero-order chi connectivity index (χ0) is 15.1. The molecule has 0 heterocycles. The third-order valence-electron chi connectivity index (χ3n) is 2.65. The van der Waals surface area contributed by atoms with E-state index in [1.165, 1.54) is 13.2 Å². The van der Waals surface area contributed by atoms with Crippen LogP contribution in [0.5, 0.6) is 5.75 Å². The minimum atomic E-state index is -0.866. The fourth-order valence-electron chi connectivity index (χ4n) is 1.69. The predicted octanol–water partition coefficient (Wildman–Crippen LogP) is 0.851. The maximum absolute atomic E-state index is 13.5. The highest BCUT2D eigenvalue weighted by Crippen LogP contribution is 2.18. The maximum atomic E-state index is 13.5. The number of ether oxygens (including phenoxy) is 1. The molecule has 0 fully saturated rings. The van der Waals surface area contributed by atoms with Gasteiger partial charge in [-0.2, -0.15) is 0 Å². The Hall–Kier alpha value is -2.15. The lowest BCUT2D eigenvalue weighted by molar-refractivity contribution is -0.120. The summed E-state index contributed by atoms with van der Waals surface area (Å²) in [5, 5.41) is 1.98. The molecular weight excluding hydrogens is 265 g/mol. The van der Waals surface area contributed by atoms with Gasteiger partial charge in [0.1, 0.15) is 0 Å². The Morgan fingerprint density at radius 1 is 1.45 bits per heavy atom. The second-order valence-electron chi connectivity index (χ2n) is 4.37. The molecule has 7 heteroatoms. The lowest BCUT2D eigenvalue weighted by Crippen LogP contribution is -2.36. The highest BCUT2D eigenvalue weighted by atomic mass is 19.1. The van der Waals surface area contributed by atoms with Crippen LogP contribution in [-0.2, 0) is 11.3 Å². The molecule has 0 bridgehead atoms. The van der Waals surface area contributed by atoms with Gasteiger partial charge in [0.05, 0.1) is 7.11 Å². The van der Waals surface area contributed by atoms with Gasteiger partial charge >= 0.3 is 6.03 Å². The van der Waals surface area contributed by atoms with Crippen molar-refractivity contribution in [3.63, 3.8) is 0 Å². The Kier molecular flexibility index (Phi) is 5.92. The average Bonchev–Trinajstić information content (AvgIpc) is 2.36. The number of primary amides is 1. The first kappa shape index (κ1) is 15.9. The molecule has 1 aromatic rings. The fraction of sp³-hybridized carbons (Fsp3) is 0.385. The quantitative estimate of drug-likeness (QED) is 0.810. The van der Waals surface area contributed by atoms with Crippen molar-refractivity contribution in [2.75, 3.05) is 20.7 Å². The molecule has 0 unspecified atom stereocenters. The molecule has 0 aliphatic rings. The minimum Gasteiger partial charge on any atom is -0.494 e. The molecule has 0 aromatic heterocycles. The van der Waals surface area contributed by atoms with Crippen LogP contribution in [0.25, 0.3) is 0 Å². The van der Waals surface area contributed by atoms with E-state index in [1.807, 2.05) is 10.2 Å². The molecule has 6 nitrogen and oxygen atoms in total. The molecule has 1 rings (SSSR count). The van der Waals surface area contributed by atoms with Crippen LogP contribution in [0.4, 0.5) is 9.18 Å². The van der Waals surface area contributed by atoms with Crippen molar-refractivity contribution < 1.29 is 18.7 Å². The van der Waals surface area contributed by atoms with Crippen LogP contribution in [-0.4, -0.2) is 37.5 Å². The van der Waals surface area contributed by atoms with E-state index in [9.17, 15) is 14.0 Å². The number of amides is 3. The number of urea groups is 1. The Morgan fingerprint density at radius 3 is 2.70 bits per heavy atom. The summed E-state index contributed by atoms with van der Waals surface area (Å²) in [5.74, 6) is -0.674. The molecule has 0 aliphatic carbocycles. The van der Waals surface area contributed by atoms with Gasteiger partial charge in [-0.25, -0.2) is 9.18 Å². The van der Waals surface area contributed by atoms with E-state index in [-0.39, 0.29) is 12.2 Å². The van der Waals surface area contributed by atoms with Gasteiger partial charge in [-0.3, -0.25) is 10.1 Å². The molecular formula is C13H18FN3O3. The Bertz CT molecular complexity index is 494. The van der Waals surface area contributed by atoms with E-state index in [0.717, 1.165) is 5.56 Å². The van der Waals surface area contributed by atoms with Gasteiger partial charge in [0.25, 0.3) is 0 Å². The number of nitrogens with zero attached hydrogens (tertiary/aromatic N) is 1. The summed E-state index contributed by atoms with van der Waals surface area (Å²) in [6.45, 7) is 0.900. The number of carbonyl (C=O) groups is 2. The lowest BCUT2D eigenvalue weighted by atomic mass is 10.2. The van der Waals surface area contributed by atoms with Gasteiger partial charge in [0, 0.05) is 19.5 Å². The number of rotatable bonds is 6. The fourth-order valence-corrected chi connectivity index (χ4v) is 1.69. The number of hydrogen-bond donors (Lipinski definition) is 2. The summed E-state index contributed by atoms with van der Waals surface area (Å²) in [5.41, 5.74) is 5.59. The van der Waals surface area contributed by atoms with E-state index in [1.54, 1.807) is 19.2 Å². The summed E-state index contributed by atoms with van der Waals surface area (Å²) in [6, 6.07) is 3.83. The zero-order valence-corrected chi connectivity index (χ0v) is 11.5. The summed E-state index contributed by atoms with van der Waals surface area (Å²) < 4.78 is 18.3. The van der Waals surface area contributed by atoms with Crippen LogP contribution in [0, 0.1) is 5.82 Å². The van der Waals surface area contributed by atoms with Crippen molar-refractivity contribution in [3.05, 3.63) is 29.6 Å². The molecule has 3 N–H and O–H groups in total. The van der Waals surface area contributed by atoms with Crippen LogP contribution < -0.4 is 15.8 Å². The van der Waals surface area contributed by atoms with Crippen molar-refractivity contribution in [1.29, 1.82) is 0 Å². The molecule has 1 aromatic carbocycles. The number of halogens is 1. The van der Waals surface area contributed by atoms with E-state index >= 15 is 0 Å².